The predicted molar refractivity (Wildman–Crippen MR) is 46.2 cm³/mol. The Morgan fingerprint density at radius 2 is 2.17 bits per heavy atom. The van der Waals surface area contributed by atoms with Crippen LogP contribution in [0.15, 0.2) is 34.9 Å². The summed E-state index contributed by atoms with van der Waals surface area (Å²) in [5.41, 5.74) is 1.34. The highest BCUT2D eigenvalue weighted by atomic mass is 16.3. The number of furan rings is 1. The van der Waals surface area contributed by atoms with E-state index in [-0.39, 0.29) is 5.78 Å². The lowest BCUT2D eigenvalue weighted by atomic mass is 10.1. The molecule has 0 aliphatic rings. The van der Waals surface area contributed by atoms with E-state index in [1.807, 2.05) is 18.2 Å². The molecule has 0 N–H and O–H groups in total. The zero-order valence-electron chi connectivity index (χ0n) is 6.70. The summed E-state index contributed by atoms with van der Waals surface area (Å²) in [6.07, 6.45) is 1.59. The number of rotatable bonds is 1. The van der Waals surface area contributed by atoms with Crippen molar-refractivity contribution in [3.05, 3.63) is 36.1 Å². The Morgan fingerprint density at radius 1 is 1.33 bits per heavy atom. The Hall–Kier alpha value is -1.57. The van der Waals surface area contributed by atoms with Gasteiger partial charge in [0, 0.05) is 5.39 Å². The van der Waals surface area contributed by atoms with Crippen molar-refractivity contribution in [1.82, 2.24) is 0 Å². The summed E-state index contributed by atoms with van der Waals surface area (Å²) in [6, 6.07) is 7.40. The minimum Gasteiger partial charge on any atom is -0.464 e. The lowest BCUT2D eigenvalue weighted by molar-refractivity contribution is 0.101. The second-order valence-electron chi connectivity index (χ2n) is 2.70. The Morgan fingerprint density at radius 3 is 2.92 bits per heavy atom. The number of hydrogen-bond donors (Lipinski definition) is 0. The van der Waals surface area contributed by atoms with Gasteiger partial charge < -0.3 is 4.42 Å². The maximum absolute atomic E-state index is 11.1. The Kier molecular flexibility index (Phi) is 1.47. The van der Waals surface area contributed by atoms with Gasteiger partial charge in [-0.15, -0.1) is 0 Å². The van der Waals surface area contributed by atoms with Gasteiger partial charge in [0.2, 0.25) is 0 Å². The van der Waals surface area contributed by atoms with Crippen molar-refractivity contribution in [3.8, 4) is 0 Å². The van der Waals surface area contributed by atoms with E-state index < -0.39 is 0 Å². The van der Waals surface area contributed by atoms with Gasteiger partial charge in [-0.05, 0) is 19.1 Å². The van der Waals surface area contributed by atoms with Gasteiger partial charge in [-0.1, -0.05) is 12.1 Å². The number of ketones is 1. The molecule has 1 aromatic carbocycles. The second kappa shape index (κ2) is 2.48. The molecule has 0 saturated carbocycles. The van der Waals surface area contributed by atoms with Crippen LogP contribution in [-0.4, -0.2) is 5.78 Å². The highest BCUT2D eigenvalue weighted by molar-refractivity contribution is 6.04. The average molecular weight is 160 g/mol. The molecule has 2 nitrogen and oxygen atoms in total. The first-order chi connectivity index (χ1) is 5.79. The van der Waals surface area contributed by atoms with Crippen LogP contribution in [0.1, 0.15) is 17.3 Å². The molecule has 0 bridgehead atoms. The second-order valence-corrected chi connectivity index (χ2v) is 2.70. The Bertz CT molecular complexity index is 426. The van der Waals surface area contributed by atoms with Gasteiger partial charge in [0.05, 0.1) is 11.8 Å². The zero-order valence-corrected chi connectivity index (χ0v) is 6.70. The van der Waals surface area contributed by atoms with E-state index in [1.54, 1.807) is 12.3 Å². The number of benzene rings is 1. The Balaban J connectivity index is 2.82. The zero-order chi connectivity index (χ0) is 8.55. The van der Waals surface area contributed by atoms with Gasteiger partial charge in [0.25, 0.3) is 0 Å². The molecule has 0 radical (unpaired) electrons. The molecule has 0 spiro atoms. The predicted octanol–water partition coefficient (Wildman–Crippen LogP) is 2.64. The largest absolute Gasteiger partial charge is 0.464 e. The van der Waals surface area contributed by atoms with Gasteiger partial charge in [0.15, 0.2) is 5.78 Å². The van der Waals surface area contributed by atoms with Crippen LogP contribution in [0.25, 0.3) is 11.0 Å². The lowest BCUT2D eigenvalue weighted by Gasteiger charge is -1.94. The fourth-order valence-corrected chi connectivity index (χ4v) is 1.27. The van der Waals surface area contributed by atoms with E-state index in [2.05, 4.69) is 0 Å². The molecule has 2 heteroatoms. The summed E-state index contributed by atoms with van der Waals surface area (Å²) < 4.78 is 5.19. The standard InChI is InChI=1S/C10H8O2/c1-7(11)9-4-2-3-8-5-6-12-10(8)9/h2-6H,1H3. The first kappa shape index (κ1) is 7.10. The molecule has 0 aliphatic carbocycles. The van der Waals surface area contributed by atoms with Crippen molar-refractivity contribution in [2.45, 2.75) is 6.92 Å². The first-order valence-corrected chi connectivity index (χ1v) is 3.76. The van der Waals surface area contributed by atoms with Crippen LogP contribution in [0, 0.1) is 0 Å². The lowest BCUT2D eigenvalue weighted by Crippen LogP contribution is -1.90. The minimum absolute atomic E-state index is 0.0375. The molecule has 2 aromatic rings. The maximum atomic E-state index is 11.1. The molecule has 0 fully saturated rings. The molecule has 0 amide bonds. The SMILES string of the molecule is CC(=O)c1cccc2ccoc12. The van der Waals surface area contributed by atoms with Crippen molar-refractivity contribution in [3.63, 3.8) is 0 Å². The molecule has 0 saturated heterocycles. The van der Waals surface area contributed by atoms with Crippen molar-refractivity contribution in [2.75, 3.05) is 0 Å². The molecule has 60 valence electrons. The molecule has 2 rings (SSSR count). The van der Waals surface area contributed by atoms with Gasteiger partial charge in [0.1, 0.15) is 5.58 Å². The quantitative estimate of drug-likeness (QED) is 0.600. The topological polar surface area (TPSA) is 30.2 Å². The molecule has 0 unspecified atom stereocenters. The maximum Gasteiger partial charge on any atom is 0.163 e. The molecular formula is C10H8O2. The molecular weight excluding hydrogens is 152 g/mol. The normalized spacial score (nSPS) is 10.4. The van der Waals surface area contributed by atoms with Crippen LogP contribution in [0.5, 0.6) is 0 Å². The molecule has 0 aliphatic heterocycles. The minimum atomic E-state index is 0.0375. The number of hydrogen-bond acceptors (Lipinski definition) is 2. The summed E-state index contributed by atoms with van der Waals surface area (Å²) in [6.45, 7) is 1.54. The first-order valence-electron chi connectivity index (χ1n) is 3.76. The van der Waals surface area contributed by atoms with Crippen LogP contribution < -0.4 is 0 Å². The van der Waals surface area contributed by atoms with E-state index in [0.717, 1.165) is 5.39 Å². The highest BCUT2D eigenvalue weighted by Crippen LogP contribution is 2.19. The van der Waals surface area contributed by atoms with E-state index in [9.17, 15) is 4.79 Å². The van der Waals surface area contributed by atoms with Gasteiger partial charge >= 0.3 is 0 Å². The molecule has 1 heterocycles. The number of carbonyl (C=O) groups excluding carboxylic acids is 1. The summed E-state index contributed by atoms with van der Waals surface area (Å²) in [5.74, 6) is 0.0375. The number of carbonyl (C=O) groups is 1. The van der Waals surface area contributed by atoms with Crippen LogP contribution in [0.3, 0.4) is 0 Å². The number of fused-ring (bicyclic) bond motifs is 1. The van der Waals surface area contributed by atoms with Gasteiger partial charge in [-0.25, -0.2) is 0 Å². The smallest absolute Gasteiger partial charge is 0.163 e. The molecule has 0 atom stereocenters. The van der Waals surface area contributed by atoms with E-state index in [1.165, 1.54) is 6.92 Å². The molecule has 12 heavy (non-hydrogen) atoms. The van der Waals surface area contributed by atoms with Gasteiger partial charge in [-0.2, -0.15) is 0 Å². The number of para-hydroxylation sites is 1. The fraction of sp³-hybridized carbons (Fsp3) is 0.100. The van der Waals surface area contributed by atoms with Crippen LogP contribution in [0.4, 0.5) is 0 Å². The summed E-state index contributed by atoms with van der Waals surface area (Å²) >= 11 is 0. The summed E-state index contributed by atoms with van der Waals surface area (Å²) in [7, 11) is 0. The third-order valence-electron chi connectivity index (χ3n) is 1.86. The van der Waals surface area contributed by atoms with Gasteiger partial charge in [-0.3, -0.25) is 4.79 Å². The van der Waals surface area contributed by atoms with Crippen molar-refractivity contribution in [1.29, 1.82) is 0 Å². The number of Topliss-reactive ketones (excluding diaryl/α,β-unsaturated/α-hetero) is 1. The molecule has 1 aromatic heterocycles. The highest BCUT2D eigenvalue weighted by Gasteiger charge is 2.06. The van der Waals surface area contributed by atoms with E-state index in [4.69, 9.17) is 4.42 Å². The van der Waals surface area contributed by atoms with Crippen molar-refractivity contribution >= 4 is 16.8 Å². The third kappa shape index (κ3) is 0.925. The summed E-state index contributed by atoms with van der Waals surface area (Å²) in [4.78, 5) is 11.1. The summed E-state index contributed by atoms with van der Waals surface area (Å²) in [5, 5.41) is 0.975. The van der Waals surface area contributed by atoms with E-state index >= 15 is 0 Å². The average Bonchev–Trinajstić information content (AvgIpc) is 2.49. The van der Waals surface area contributed by atoms with Crippen LogP contribution in [0.2, 0.25) is 0 Å². The van der Waals surface area contributed by atoms with Crippen LogP contribution >= 0.6 is 0 Å². The van der Waals surface area contributed by atoms with Crippen molar-refractivity contribution < 1.29 is 9.21 Å². The van der Waals surface area contributed by atoms with Crippen LogP contribution in [-0.2, 0) is 0 Å². The van der Waals surface area contributed by atoms with Crippen molar-refractivity contribution in [2.24, 2.45) is 0 Å². The Labute approximate surface area is 69.8 Å². The third-order valence-corrected chi connectivity index (χ3v) is 1.86. The fourth-order valence-electron chi connectivity index (χ4n) is 1.27. The monoisotopic (exact) mass is 160 g/mol. The van der Waals surface area contributed by atoms with E-state index in [0.29, 0.717) is 11.1 Å².